The van der Waals surface area contributed by atoms with Gasteiger partial charge < -0.3 is 10.1 Å². The molecule has 1 N–H and O–H groups in total. The van der Waals surface area contributed by atoms with Crippen molar-refractivity contribution >= 4 is 68.0 Å². The van der Waals surface area contributed by atoms with Crippen molar-refractivity contribution in [1.29, 1.82) is 0 Å². The summed E-state index contributed by atoms with van der Waals surface area (Å²) in [6.07, 6.45) is 0. The SMILES string of the molecule is COc1ccc(CSc2nnc(SCC(=O)Nc3ccc(-c4nc5ccc(C)cc5s4)cc3)s2)cc1. The van der Waals surface area contributed by atoms with Crippen LogP contribution in [0, 0.1) is 6.92 Å². The maximum absolute atomic E-state index is 12.5. The minimum absolute atomic E-state index is 0.0779. The number of rotatable bonds is 9. The zero-order chi connectivity index (χ0) is 24.9. The molecule has 10 heteroatoms. The van der Waals surface area contributed by atoms with E-state index in [1.165, 1.54) is 38.9 Å². The second-order valence-electron chi connectivity index (χ2n) is 7.88. The van der Waals surface area contributed by atoms with E-state index in [0.717, 1.165) is 42.0 Å². The Bertz CT molecular complexity index is 1480. The predicted octanol–water partition coefficient (Wildman–Crippen LogP) is 7.15. The molecule has 0 spiro atoms. The summed E-state index contributed by atoms with van der Waals surface area (Å²) in [4.78, 5) is 17.2. The van der Waals surface area contributed by atoms with E-state index in [-0.39, 0.29) is 11.7 Å². The van der Waals surface area contributed by atoms with Gasteiger partial charge in [-0.25, -0.2) is 4.98 Å². The number of aryl methyl sites for hydroxylation is 1. The standard InChI is InChI=1S/C26H22N4O2S4/c1-16-3-12-21-22(13-16)35-24(28-21)18-6-8-19(9-7-18)27-23(31)15-34-26-30-29-25(36-26)33-14-17-4-10-20(32-2)11-5-17/h3-13H,14-15H2,1-2H3,(H,27,31). The maximum Gasteiger partial charge on any atom is 0.234 e. The summed E-state index contributed by atoms with van der Waals surface area (Å²) in [5.41, 5.74) is 5.22. The van der Waals surface area contributed by atoms with Gasteiger partial charge in [-0.1, -0.05) is 53.1 Å². The normalized spacial score (nSPS) is 11.1. The molecule has 6 nitrogen and oxygen atoms in total. The van der Waals surface area contributed by atoms with Crippen LogP contribution in [0.5, 0.6) is 5.75 Å². The number of aromatic nitrogens is 3. The molecule has 0 aliphatic carbocycles. The minimum Gasteiger partial charge on any atom is -0.497 e. The number of nitrogens with one attached hydrogen (secondary N) is 1. The van der Waals surface area contributed by atoms with Gasteiger partial charge in [-0.2, -0.15) is 0 Å². The van der Waals surface area contributed by atoms with Crippen LogP contribution in [-0.2, 0) is 10.5 Å². The molecule has 36 heavy (non-hydrogen) atoms. The first-order chi connectivity index (χ1) is 17.6. The highest BCUT2D eigenvalue weighted by Crippen LogP contribution is 2.32. The smallest absolute Gasteiger partial charge is 0.234 e. The quantitative estimate of drug-likeness (QED) is 0.195. The van der Waals surface area contributed by atoms with E-state index in [9.17, 15) is 4.79 Å². The number of nitrogens with zero attached hydrogens (tertiary/aromatic N) is 3. The van der Waals surface area contributed by atoms with Gasteiger partial charge in [0, 0.05) is 17.0 Å². The highest BCUT2D eigenvalue weighted by Gasteiger charge is 2.11. The van der Waals surface area contributed by atoms with Crippen LogP contribution in [0.1, 0.15) is 11.1 Å². The molecule has 0 radical (unpaired) electrons. The zero-order valence-corrected chi connectivity index (χ0v) is 22.8. The van der Waals surface area contributed by atoms with E-state index in [1.807, 2.05) is 48.5 Å². The van der Waals surface area contributed by atoms with E-state index < -0.39 is 0 Å². The second kappa shape index (κ2) is 11.4. The van der Waals surface area contributed by atoms with Gasteiger partial charge in [0.1, 0.15) is 10.8 Å². The van der Waals surface area contributed by atoms with Crippen molar-refractivity contribution in [2.75, 3.05) is 18.2 Å². The van der Waals surface area contributed by atoms with Crippen LogP contribution in [0.15, 0.2) is 75.4 Å². The molecule has 2 heterocycles. The summed E-state index contributed by atoms with van der Waals surface area (Å²) in [7, 11) is 1.66. The zero-order valence-electron chi connectivity index (χ0n) is 19.6. The highest BCUT2D eigenvalue weighted by atomic mass is 32.2. The average Bonchev–Trinajstić information content (AvgIpc) is 3.53. The number of ether oxygens (including phenoxy) is 1. The fraction of sp³-hybridized carbons (Fsp3) is 0.154. The van der Waals surface area contributed by atoms with Crippen LogP contribution in [0.2, 0.25) is 0 Å². The Hall–Kier alpha value is -2.92. The maximum atomic E-state index is 12.5. The first-order valence-corrected chi connectivity index (χ1v) is 14.7. The number of hydrogen-bond acceptors (Lipinski definition) is 9. The number of hydrogen-bond donors (Lipinski definition) is 1. The van der Waals surface area contributed by atoms with Crippen LogP contribution >= 0.6 is 46.2 Å². The van der Waals surface area contributed by atoms with Crippen molar-refractivity contribution in [2.45, 2.75) is 21.4 Å². The van der Waals surface area contributed by atoms with E-state index in [0.29, 0.717) is 0 Å². The van der Waals surface area contributed by atoms with Crippen molar-refractivity contribution < 1.29 is 9.53 Å². The van der Waals surface area contributed by atoms with Crippen molar-refractivity contribution in [3.8, 4) is 16.3 Å². The lowest BCUT2D eigenvalue weighted by atomic mass is 10.2. The number of anilines is 1. The number of amides is 1. The molecule has 5 rings (SSSR count). The summed E-state index contributed by atoms with van der Waals surface area (Å²) in [5.74, 6) is 1.84. The monoisotopic (exact) mass is 550 g/mol. The number of methoxy groups -OCH3 is 1. The Balaban J connectivity index is 1.11. The fourth-order valence-electron chi connectivity index (χ4n) is 3.36. The van der Waals surface area contributed by atoms with Gasteiger partial charge in [0.05, 0.1) is 23.1 Å². The molecule has 0 unspecified atom stereocenters. The van der Waals surface area contributed by atoms with Crippen LogP contribution in [-0.4, -0.2) is 34.0 Å². The molecule has 0 saturated carbocycles. The number of thiazole rings is 1. The van der Waals surface area contributed by atoms with Gasteiger partial charge >= 0.3 is 0 Å². The van der Waals surface area contributed by atoms with Gasteiger partial charge in [0.2, 0.25) is 5.91 Å². The Kier molecular flexibility index (Phi) is 7.86. The first kappa shape index (κ1) is 24.8. The fourth-order valence-corrected chi connectivity index (χ4v) is 7.20. The van der Waals surface area contributed by atoms with Crippen molar-refractivity contribution in [3.63, 3.8) is 0 Å². The summed E-state index contributed by atoms with van der Waals surface area (Å²) in [5, 5.41) is 12.4. The summed E-state index contributed by atoms with van der Waals surface area (Å²) in [6, 6.07) is 22.1. The third-order valence-electron chi connectivity index (χ3n) is 5.20. The summed E-state index contributed by atoms with van der Waals surface area (Å²) < 4.78 is 8.04. The van der Waals surface area contributed by atoms with E-state index in [2.05, 4.69) is 40.6 Å². The first-order valence-electron chi connectivity index (χ1n) is 11.1. The van der Waals surface area contributed by atoms with Crippen LogP contribution in [0.25, 0.3) is 20.8 Å². The molecule has 3 aromatic carbocycles. The van der Waals surface area contributed by atoms with Crippen LogP contribution in [0.4, 0.5) is 5.69 Å². The van der Waals surface area contributed by atoms with Gasteiger partial charge in [-0.15, -0.1) is 21.5 Å². The van der Waals surface area contributed by atoms with Crippen LogP contribution in [0.3, 0.4) is 0 Å². The molecule has 0 aliphatic rings. The molecule has 0 saturated heterocycles. The van der Waals surface area contributed by atoms with Crippen LogP contribution < -0.4 is 10.1 Å². The number of carbonyl (C=O) groups is 1. The molecular formula is C26H22N4O2S4. The third kappa shape index (κ3) is 6.25. The highest BCUT2D eigenvalue weighted by molar-refractivity contribution is 8.03. The lowest BCUT2D eigenvalue weighted by Gasteiger charge is -2.05. The molecule has 1 amide bonds. The van der Waals surface area contributed by atoms with Gasteiger partial charge in [-0.05, 0) is 66.6 Å². The second-order valence-corrected chi connectivity index (χ2v) is 12.3. The summed E-state index contributed by atoms with van der Waals surface area (Å²) in [6.45, 7) is 2.08. The number of thioether (sulfide) groups is 2. The molecule has 0 aliphatic heterocycles. The van der Waals surface area contributed by atoms with Gasteiger partial charge in [0.25, 0.3) is 0 Å². The molecule has 5 aromatic rings. The molecular weight excluding hydrogens is 529 g/mol. The third-order valence-corrected chi connectivity index (χ3v) is 9.52. The summed E-state index contributed by atoms with van der Waals surface area (Å²) >= 11 is 6.20. The van der Waals surface area contributed by atoms with Gasteiger partial charge in [0.15, 0.2) is 8.68 Å². The van der Waals surface area contributed by atoms with Crippen molar-refractivity contribution in [2.24, 2.45) is 0 Å². The van der Waals surface area contributed by atoms with E-state index in [4.69, 9.17) is 9.72 Å². The lowest BCUT2D eigenvalue weighted by molar-refractivity contribution is -0.113. The number of fused-ring (bicyclic) bond motifs is 1. The largest absolute Gasteiger partial charge is 0.497 e. The topological polar surface area (TPSA) is 77.0 Å². The molecule has 0 atom stereocenters. The van der Waals surface area contributed by atoms with Crippen molar-refractivity contribution in [3.05, 3.63) is 77.9 Å². The van der Waals surface area contributed by atoms with E-state index in [1.54, 1.807) is 30.2 Å². The molecule has 2 aromatic heterocycles. The van der Waals surface area contributed by atoms with Gasteiger partial charge in [-0.3, -0.25) is 4.79 Å². The Morgan fingerprint density at radius 2 is 1.69 bits per heavy atom. The predicted molar refractivity (Wildman–Crippen MR) is 152 cm³/mol. The number of carbonyl (C=O) groups excluding carboxylic acids is 1. The minimum atomic E-state index is -0.0779. The Labute approximate surface area is 225 Å². The Morgan fingerprint density at radius 3 is 2.44 bits per heavy atom. The van der Waals surface area contributed by atoms with Crippen molar-refractivity contribution in [1.82, 2.24) is 15.2 Å². The molecule has 0 fully saturated rings. The Morgan fingerprint density at radius 1 is 0.944 bits per heavy atom. The molecule has 182 valence electrons. The number of benzene rings is 3. The van der Waals surface area contributed by atoms with E-state index >= 15 is 0 Å². The lowest BCUT2D eigenvalue weighted by Crippen LogP contribution is -2.13. The average molecular weight is 551 g/mol. The molecule has 0 bridgehead atoms.